The zero-order valence-electron chi connectivity index (χ0n) is 10.2. The first-order valence-corrected chi connectivity index (χ1v) is 6.00. The molecule has 19 heavy (non-hydrogen) atoms. The van der Waals surface area contributed by atoms with Crippen LogP contribution < -0.4 is 4.90 Å². The summed E-state index contributed by atoms with van der Waals surface area (Å²) >= 11 is 0. The Kier molecular flexibility index (Phi) is 2.84. The Balaban J connectivity index is 1.86. The van der Waals surface area contributed by atoms with Gasteiger partial charge in [0.05, 0.1) is 12.4 Å². The molecular weight excluding hydrogens is 243 g/mol. The highest BCUT2D eigenvalue weighted by atomic mass is 19.1. The van der Waals surface area contributed by atoms with Crippen LogP contribution in [0.5, 0.6) is 0 Å². The number of nitrogens with zero attached hydrogens (tertiary/aromatic N) is 4. The standard InChI is InChI=1S/C14H11FN4/c15-12-2-1-10-3-4-19(9-11(10)5-12)14-8-17-13(6-16)7-18-14/h1-2,5,7-8H,3-4,9H2. The summed E-state index contributed by atoms with van der Waals surface area (Å²) in [5.74, 6) is 0.500. The van der Waals surface area contributed by atoms with E-state index in [2.05, 4.69) is 9.97 Å². The second-order valence-electron chi connectivity index (χ2n) is 4.46. The van der Waals surface area contributed by atoms with Gasteiger partial charge in [0.1, 0.15) is 17.7 Å². The lowest BCUT2D eigenvalue weighted by Crippen LogP contribution is -2.31. The van der Waals surface area contributed by atoms with E-state index >= 15 is 0 Å². The zero-order valence-corrected chi connectivity index (χ0v) is 10.2. The number of benzene rings is 1. The van der Waals surface area contributed by atoms with Gasteiger partial charge in [0.15, 0.2) is 5.69 Å². The summed E-state index contributed by atoms with van der Waals surface area (Å²) in [6, 6.07) is 6.84. The fourth-order valence-corrected chi connectivity index (χ4v) is 2.26. The summed E-state index contributed by atoms with van der Waals surface area (Å²) in [6.45, 7) is 1.44. The molecule has 1 aliphatic rings. The smallest absolute Gasteiger partial charge is 0.158 e. The highest BCUT2D eigenvalue weighted by Gasteiger charge is 2.18. The van der Waals surface area contributed by atoms with Crippen molar-refractivity contribution in [3.05, 3.63) is 53.2 Å². The van der Waals surface area contributed by atoms with Gasteiger partial charge in [-0.2, -0.15) is 5.26 Å². The summed E-state index contributed by atoms with van der Waals surface area (Å²) in [5, 5.41) is 8.69. The number of rotatable bonds is 1. The summed E-state index contributed by atoms with van der Waals surface area (Å²) in [4.78, 5) is 10.3. The van der Waals surface area contributed by atoms with Gasteiger partial charge in [0.25, 0.3) is 0 Å². The molecule has 0 bridgehead atoms. The van der Waals surface area contributed by atoms with Crippen LogP contribution in [-0.4, -0.2) is 16.5 Å². The molecule has 2 heterocycles. The van der Waals surface area contributed by atoms with Crippen LogP contribution in [0.25, 0.3) is 0 Å². The molecule has 0 saturated heterocycles. The Hall–Kier alpha value is -2.48. The van der Waals surface area contributed by atoms with Crippen LogP contribution in [-0.2, 0) is 13.0 Å². The lowest BCUT2D eigenvalue weighted by atomic mass is 10.00. The van der Waals surface area contributed by atoms with Crippen LogP contribution in [0.15, 0.2) is 30.6 Å². The molecule has 5 heteroatoms. The van der Waals surface area contributed by atoms with E-state index in [-0.39, 0.29) is 5.82 Å². The molecule has 0 atom stereocenters. The van der Waals surface area contributed by atoms with E-state index in [1.54, 1.807) is 12.3 Å². The van der Waals surface area contributed by atoms with E-state index in [1.165, 1.54) is 17.8 Å². The van der Waals surface area contributed by atoms with E-state index in [0.29, 0.717) is 18.1 Å². The van der Waals surface area contributed by atoms with Crippen molar-refractivity contribution in [2.75, 3.05) is 11.4 Å². The number of fused-ring (bicyclic) bond motifs is 1. The summed E-state index contributed by atoms with van der Waals surface area (Å²) in [7, 11) is 0. The van der Waals surface area contributed by atoms with Crippen molar-refractivity contribution in [1.82, 2.24) is 9.97 Å². The molecule has 3 rings (SSSR count). The molecule has 0 amide bonds. The van der Waals surface area contributed by atoms with Crippen LogP contribution in [0.3, 0.4) is 0 Å². The molecule has 1 aromatic heterocycles. The zero-order chi connectivity index (χ0) is 13.2. The van der Waals surface area contributed by atoms with Gasteiger partial charge in [-0.15, -0.1) is 0 Å². The summed E-state index contributed by atoms with van der Waals surface area (Å²) < 4.78 is 13.2. The van der Waals surface area contributed by atoms with Gasteiger partial charge >= 0.3 is 0 Å². The molecule has 94 valence electrons. The number of anilines is 1. The van der Waals surface area contributed by atoms with Gasteiger partial charge < -0.3 is 4.90 Å². The molecule has 0 aliphatic carbocycles. The lowest BCUT2D eigenvalue weighted by Gasteiger charge is -2.29. The van der Waals surface area contributed by atoms with Crippen molar-refractivity contribution < 1.29 is 4.39 Å². The van der Waals surface area contributed by atoms with Crippen LogP contribution in [0.4, 0.5) is 10.2 Å². The van der Waals surface area contributed by atoms with Crippen LogP contribution in [0.2, 0.25) is 0 Å². The monoisotopic (exact) mass is 254 g/mol. The number of hydrogen-bond acceptors (Lipinski definition) is 4. The molecule has 1 aromatic carbocycles. The quantitative estimate of drug-likeness (QED) is 0.781. The van der Waals surface area contributed by atoms with E-state index in [0.717, 1.165) is 18.5 Å². The number of halogens is 1. The van der Waals surface area contributed by atoms with Gasteiger partial charge in [-0.3, -0.25) is 0 Å². The first kappa shape index (κ1) is 11.6. The third-order valence-corrected chi connectivity index (χ3v) is 3.26. The Morgan fingerprint density at radius 3 is 2.84 bits per heavy atom. The van der Waals surface area contributed by atoms with Gasteiger partial charge in [-0.1, -0.05) is 6.07 Å². The van der Waals surface area contributed by atoms with Gasteiger partial charge in [-0.25, -0.2) is 14.4 Å². The minimum absolute atomic E-state index is 0.216. The van der Waals surface area contributed by atoms with Crippen LogP contribution >= 0.6 is 0 Å². The van der Waals surface area contributed by atoms with Crippen molar-refractivity contribution >= 4 is 5.82 Å². The van der Waals surface area contributed by atoms with E-state index in [4.69, 9.17) is 5.26 Å². The fraction of sp³-hybridized carbons (Fsp3) is 0.214. The second kappa shape index (κ2) is 4.65. The first-order chi connectivity index (χ1) is 9.26. The molecular formula is C14H11FN4. The third kappa shape index (κ3) is 2.25. The second-order valence-corrected chi connectivity index (χ2v) is 4.46. The fourth-order valence-electron chi connectivity index (χ4n) is 2.26. The maximum Gasteiger partial charge on any atom is 0.158 e. The van der Waals surface area contributed by atoms with Crippen molar-refractivity contribution in [3.8, 4) is 6.07 Å². The SMILES string of the molecule is N#Cc1cnc(N2CCc3ccc(F)cc3C2)cn1. The van der Waals surface area contributed by atoms with E-state index in [1.807, 2.05) is 17.0 Å². The third-order valence-electron chi connectivity index (χ3n) is 3.26. The average molecular weight is 254 g/mol. The number of aromatic nitrogens is 2. The average Bonchev–Trinajstić information content (AvgIpc) is 2.46. The molecule has 0 saturated carbocycles. The van der Waals surface area contributed by atoms with Gasteiger partial charge in [0.2, 0.25) is 0 Å². The summed E-state index contributed by atoms with van der Waals surface area (Å²) in [6.07, 6.45) is 3.90. The maximum absolute atomic E-state index is 13.2. The molecule has 1 aliphatic heterocycles. The van der Waals surface area contributed by atoms with Crippen molar-refractivity contribution in [2.24, 2.45) is 0 Å². The Morgan fingerprint density at radius 2 is 2.11 bits per heavy atom. The topological polar surface area (TPSA) is 52.8 Å². The molecule has 4 nitrogen and oxygen atoms in total. The molecule has 0 spiro atoms. The minimum Gasteiger partial charge on any atom is -0.351 e. The van der Waals surface area contributed by atoms with Gasteiger partial charge in [0, 0.05) is 13.1 Å². The van der Waals surface area contributed by atoms with Crippen molar-refractivity contribution in [3.63, 3.8) is 0 Å². The highest BCUT2D eigenvalue weighted by molar-refractivity contribution is 5.43. The number of nitriles is 1. The minimum atomic E-state index is -0.216. The Labute approximate surface area is 110 Å². The molecule has 0 radical (unpaired) electrons. The van der Waals surface area contributed by atoms with Gasteiger partial charge in [-0.05, 0) is 29.7 Å². The Bertz CT molecular complexity index is 645. The van der Waals surface area contributed by atoms with E-state index in [9.17, 15) is 4.39 Å². The van der Waals surface area contributed by atoms with Crippen molar-refractivity contribution in [1.29, 1.82) is 5.26 Å². The molecule has 0 unspecified atom stereocenters. The first-order valence-electron chi connectivity index (χ1n) is 6.00. The normalized spacial score (nSPS) is 13.8. The largest absolute Gasteiger partial charge is 0.351 e. The predicted molar refractivity (Wildman–Crippen MR) is 67.9 cm³/mol. The summed E-state index contributed by atoms with van der Waals surface area (Å²) in [5.41, 5.74) is 2.46. The van der Waals surface area contributed by atoms with Crippen LogP contribution in [0, 0.1) is 17.1 Å². The Morgan fingerprint density at radius 1 is 1.21 bits per heavy atom. The number of hydrogen-bond donors (Lipinski definition) is 0. The molecule has 0 N–H and O–H groups in total. The highest BCUT2D eigenvalue weighted by Crippen LogP contribution is 2.23. The maximum atomic E-state index is 13.2. The molecule has 0 fully saturated rings. The van der Waals surface area contributed by atoms with Crippen LogP contribution in [0.1, 0.15) is 16.8 Å². The predicted octanol–water partition coefficient (Wildman–Crippen LogP) is 2.05. The van der Waals surface area contributed by atoms with Crippen molar-refractivity contribution in [2.45, 2.75) is 13.0 Å². The lowest BCUT2D eigenvalue weighted by molar-refractivity contribution is 0.618. The van der Waals surface area contributed by atoms with E-state index < -0.39 is 0 Å². The molecule has 2 aromatic rings.